The van der Waals surface area contributed by atoms with Gasteiger partial charge in [0.15, 0.2) is 0 Å². The molecule has 0 amide bonds. The van der Waals surface area contributed by atoms with Crippen LogP contribution in [0, 0.1) is 0 Å². The Balaban J connectivity index is 2.17. The first-order valence-electron chi connectivity index (χ1n) is 6.14. The summed E-state index contributed by atoms with van der Waals surface area (Å²) in [6, 6.07) is 7.87. The lowest BCUT2D eigenvalue weighted by atomic mass is 10.4. The van der Waals surface area contributed by atoms with Gasteiger partial charge in [-0.05, 0) is 29.3 Å². The zero-order chi connectivity index (χ0) is 13.7. The van der Waals surface area contributed by atoms with Gasteiger partial charge in [0.25, 0.3) is 0 Å². The summed E-state index contributed by atoms with van der Waals surface area (Å²) in [6.45, 7) is 2.84. The molecule has 0 atom stereocenters. The third-order valence-electron chi connectivity index (χ3n) is 2.68. The molecule has 6 heteroatoms. The van der Waals surface area contributed by atoms with E-state index in [-0.39, 0.29) is 5.75 Å². The predicted molar refractivity (Wildman–Crippen MR) is 82.0 cm³/mol. The van der Waals surface area contributed by atoms with Crippen molar-refractivity contribution < 1.29 is 8.42 Å². The van der Waals surface area contributed by atoms with Crippen LogP contribution >= 0.6 is 22.7 Å². The van der Waals surface area contributed by atoms with E-state index in [0.717, 1.165) is 9.75 Å². The summed E-state index contributed by atoms with van der Waals surface area (Å²) in [6.07, 6.45) is 0.647. The first-order chi connectivity index (χ1) is 9.12. The van der Waals surface area contributed by atoms with E-state index in [2.05, 4.69) is 0 Å². The van der Waals surface area contributed by atoms with Crippen molar-refractivity contribution in [1.29, 1.82) is 0 Å². The van der Waals surface area contributed by atoms with Crippen molar-refractivity contribution in [2.24, 2.45) is 0 Å². The SMILES string of the molecule is CCCS(=O)(=O)N(Cc1cccs1)Cc1cccs1. The number of hydrogen-bond acceptors (Lipinski definition) is 4. The molecule has 0 fully saturated rings. The maximum Gasteiger partial charge on any atom is 0.214 e. The van der Waals surface area contributed by atoms with Gasteiger partial charge in [-0.25, -0.2) is 8.42 Å². The average molecular weight is 315 g/mol. The molecule has 0 aliphatic carbocycles. The topological polar surface area (TPSA) is 37.4 Å². The van der Waals surface area contributed by atoms with Gasteiger partial charge in [-0.15, -0.1) is 22.7 Å². The first-order valence-corrected chi connectivity index (χ1v) is 9.51. The molecule has 19 heavy (non-hydrogen) atoms. The van der Waals surface area contributed by atoms with Gasteiger partial charge in [0.1, 0.15) is 0 Å². The molecule has 104 valence electrons. The normalized spacial score (nSPS) is 12.1. The lowest BCUT2D eigenvalue weighted by Gasteiger charge is -2.20. The number of thiophene rings is 2. The fourth-order valence-corrected chi connectivity index (χ4v) is 4.84. The highest BCUT2D eigenvalue weighted by molar-refractivity contribution is 7.89. The minimum absolute atomic E-state index is 0.212. The van der Waals surface area contributed by atoms with Gasteiger partial charge in [-0.2, -0.15) is 4.31 Å². The maximum atomic E-state index is 12.3. The number of sulfonamides is 1. The first kappa shape index (κ1) is 14.7. The molecule has 3 nitrogen and oxygen atoms in total. The zero-order valence-corrected chi connectivity index (χ0v) is 13.2. The molecule has 2 aromatic heterocycles. The van der Waals surface area contributed by atoms with Gasteiger partial charge in [0, 0.05) is 22.8 Å². The molecule has 0 radical (unpaired) electrons. The summed E-state index contributed by atoms with van der Waals surface area (Å²) in [5.41, 5.74) is 0. The second-order valence-corrected chi connectivity index (χ2v) is 8.40. The molecule has 2 rings (SSSR count). The maximum absolute atomic E-state index is 12.3. The van der Waals surface area contributed by atoms with Crippen molar-refractivity contribution in [3.05, 3.63) is 44.8 Å². The van der Waals surface area contributed by atoms with Gasteiger partial charge >= 0.3 is 0 Å². The summed E-state index contributed by atoms with van der Waals surface area (Å²) >= 11 is 3.19. The molecular formula is C13H17NO2S3. The Hall–Kier alpha value is -0.690. The molecule has 0 unspecified atom stereocenters. The summed E-state index contributed by atoms with van der Waals surface area (Å²) in [5, 5.41) is 3.95. The van der Waals surface area contributed by atoms with Crippen LogP contribution in [0.2, 0.25) is 0 Å². The summed E-state index contributed by atoms with van der Waals surface area (Å²) in [5.74, 6) is 0.212. The molecular weight excluding hydrogens is 298 g/mol. The monoisotopic (exact) mass is 315 g/mol. The van der Waals surface area contributed by atoms with Crippen molar-refractivity contribution in [1.82, 2.24) is 4.31 Å². The molecule has 0 spiro atoms. The van der Waals surface area contributed by atoms with Crippen molar-refractivity contribution in [3.8, 4) is 0 Å². The van der Waals surface area contributed by atoms with Gasteiger partial charge in [-0.1, -0.05) is 19.1 Å². The third-order valence-corrected chi connectivity index (χ3v) is 6.37. The Labute approximate surface area is 122 Å². The Morgan fingerprint density at radius 2 is 1.58 bits per heavy atom. The van der Waals surface area contributed by atoms with Gasteiger partial charge in [0.2, 0.25) is 10.0 Å². The van der Waals surface area contributed by atoms with Crippen molar-refractivity contribution in [3.63, 3.8) is 0 Å². The van der Waals surface area contributed by atoms with E-state index in [0.29, 0.717) is 19.5 Å². The standard InChI is InChI=1S/C13H17NO2S3/c1-2-9-19(15,16)14(10-12-5-3-7-17-12)11-13-6-4-8-18-13/h3-8H,2,9-11H2,1H3. The summed E-state index contributed by atoms with van der Waals surface area (Å²) in [7, 11) is -3.18. The molecule has 0 aliphatic heterocycles. The fourth-order valence-electron chi connectivity index (χ4n) is 1.79. The largest absolute Gasteiger partial charge is 0.214 e. The quantitative estimate of drug-likeness (QED) is 0.783. The molecule has 0 saturated heterocycles. The van der Waals surface area contributed by atoms with E-state index >= 15 is 0 Å². The Bertz CT molecular complexity index is 537. The molecule has 2 heterocycles. The third kappa shape index (κ3) is 4.14. The van der Waals surface area contributed by atoms with Crippen molar-refractivity contribution in [2.75, 3.05) is 5.75 Å². The van der Waals surface area contributed by atoms with Crippen LogP contribution in [0.15, 0.2) is 35.0 Å². The Morgan fingerprint density at radius 1 is 1.05 bits per heavy atom. The lowest BCUT2D eigenvalue weighted by molar-refractivity contribution is 0.406. The molecule has 0 aliphatic rings. The van der Waals surface area contributed by atoms with Crippen LogP contribution in [0.4, 0.5) is 0 Å². The number of nitrogens with zero attached hydrogens (tertiary/aromatic N) is 1. The zero-order valence-electron chi connectivity index (χ0n) is 10.8. The van der Waals surface area contributed by atoms with E-state index < -0.39 is 10.0 Å². The number of rotatable bonds is 7. The van der Waals surface area contributed by atoms with Crippen LogP contribution in [-0.4, -0.2) is 18.5 Å². The van der Waals surface area contributed by atoms with Crippen LogP contribution in [0.25, 0.3) is 0 Å². The molecule has 0 saturated carbocycles. The Morgan fingerprint density at radius 3 is 1.95 bits per heavy atom. The predicted octanol–water partition coefficient (Wildman–Crippen LogP) is 3.55. The smallest absolute Gasteiger partial charge is 0.212 e. The van der Waals surface area contributed by atoms with Gasteiger partial charge in [-0.3, -0.25) is 0 Å². The second kappa shape index (κ2) is 6.65. The minimum Gasteiger partial charge on any atom is -0.212 e. The molecule has 2 aromatic rings. The second-order valence-electron chi connectivity index (χ2n) is 4.24. The highest BCUT2D eigenvalue weighted by Gasteiger charge is 2.22. The highest BCUT2D eigenvalue weighted by Crippen LogP contribution is 2.20. The molecule has 0 N–H and O–H groups in total. The lowest BCUT2D eigenvalue weighted by Crippen LogP contribution is -2.31. The van der Waals surface area contributed by atoms with Gasteiger partial charge < -0.3 is 0 Å². The van der Waals surface area contributed by atoms with Crippen molar-refractivity contribution >= 4 is 32.7 Å². The van der Waals surface area contributed by atoms with Gasteiger partial charge in [0.05, 0.1) is 5.75 Å². The molecule has 0 bridgehead atoms. The van der Waals surface area contributed by atoms with Crippen LogP contribution in [-0.2, 0) is 23.1 Å². The Kier molecular flexibility index (Phi) is 5.15. The summed E-state index contributed by atoms with van der Waals surface area (Å²) in [4.78, 5) is 2.16. The van der Waals surface area contributed by atoms with E-state index in [1.807, 2.05) is 41.9 Å². The fraction of sp³-hybridized carbons (Fsp3) is 0.385. The molecule has 0 aromatic carbocycles. The summed E-state index contributed by atoms with van der Waals surface area (Å²) < 4.78 is 26.2. The van der Waals surface area contributed by atoms with E-state index in [1.165, 1.54) is 0 Å². The highest BCUT2D eigenvalue weighted by atomic mass is 32.2. The van der Waals surface area contributed by atoms with Crippen LogP contribution in [0.1, 0.15) is 23.1 Å². The van der Waals surface area contributed by atoms with Crippen molar-refractivity contribution in [2.45, 2.75) is 26.4 Å². The van der Waals surface area contributed by atoms with E-state index in [1.54, 1.807) is 27.0 Å². The van der Waals surface area contributed by atoms with E-state index in [4.69, 9.17) is 0 Å². The number of hydrogen-bond donors (Lipinski definition) is 0. The van der Waals surface area contributed by atoms with E-state index in [9.17, 15) is 8.42 Å². The minimum atomic E-state index is -3.18. The van der Waals surface area contributed by atoms with Crippen LogP contribution in [0.5, 0.6) is 0 Å². The van der Waals surface area contributed by atoms with Crippen LogP contribution < -0.4 is 0 Å². The average Bonchev–Trinajstić information content (AvgIpc) is 3.00. The van der Waals surface area contributed by atoms with Crippen LogP contribution in [0.3, 0.4) is 0 Å².